The molecule has 58 heavy (non-hydrogen) atoms. The monoisotopic (exact) mass is 826 g/mol. The quantitative estimate of drug-likeness (QED) is 0.0359. The van der Waals surface area contributed by atoms with Crippen molar-refractivity contribution in [3.8, 4) is 23.0 Å². The fourth-order valence-electron chi connectivity index (χ4n) is 4.62. The molecule has 0 heterocycles. The first-order valence-electron chi connectivity index (χ1n) is 17.0. The van der Waals surface area contributed by atoms with E-state index in [1.54, 1.807) is 0 Å². The van der Waals surface area contributed by atoms with Gasteiger partial charge in [0.2, 0.25) is 0 Å². The Morgan fingerprint density at radius 1 is 0.517 bits per heavy atom. The minimum absolute atomic E-state index is 0.00455. The maximum atomic E-state index is 14.5. The van der Waals surface area contributed by atoms with Crippen LogP contribution >= 0.6 is 0 Å². The third kappa shape index (κ3) is 14.9. The molecule has 0 saturated heterocycles. The lowest BCUT2D eigenvalue weighted by atomic mass is 10.0. The summed E-state index contributed by atoms with van der Waals surface area (Å²) < 4.78 is 143. The normalized spacial score (nSPS) is 11.6. The highest BCUT2D eigenvalue weighted by Crippen LogP contribution is 2.49. The van der Waals surface area contributed by atoms with Crippen LogP contribution in [0.2, 0.25) is 0 Å². The molecule has 0 unspecified atom stereocenters. The second-order valence-electron chi connectivity index (χ2n) is 11.6. The molecule has 310 valence electrons. The first-order chi connectivity index (χ1) is 27.4. The smallest absolute Gasteiger partial charge is 0.420 e. The van der Waals surface area contributed by atoms with E-state index in [2.05, 4.69) is 22.6 Å². The second kappa shape index (κ2) is 21.7. The van der Waals surface area contributed by atoms with Gasteiger partial charge >= 0.3 is 36.2 Å². The zero-order chi connectivity index (χ0) is 42.9. The molecule has 3 aromatic rings. The maximum absolute atomic E-state index is 14.5. The van der Waals surface area contributed by atoms with Crippen molar-refractivity contribution in [2.24, 2.45) is 0 Å². The number of unbranched alkanes of at least 4 members (excludes halogenated alkanes) is 2. The van der Waals surface area contributed by atoms with Crippen LogP contribution in [-0.2, 0) is 41.0 Å². The van der Waals surface area contributed by atoms with Gasteiger partial charge in [0.05, 0.1) is 26.4 Å². The lowest BCUT2D eigenvalue weighted by Crippen LogP contribution is -2.21. The molecule has 3 rings (SSSR count). The van der Waals surface area contributed by atoms with Gasteiger partial charge in [0.1, 0.15) is 22.6 Å². The molecule has 0 N–H and O–H groups in total. The van der Waals surface area contributed by atoms with Crippen LogP contribution in [0, 0.1) is 11.6 Å². The number of alkyl halides is 6. The van der Waals surface area contributed by atoms with Crippen molar-refractivity contribution in [2.75, 3.05) is 26.4 Å². The molecule has 0 amide bonds. The van der Waals surface area contributed by atoms with E-state index in [1.807, 2.05) is 0 Å². The summed E-state index contributed by atoms with van der Waals surface area (Å²) in [5, 5.41) is 0. The molecule has 0 spiro atoms. The highest BCUT2D eigenvalue weighted by atomic mass is 19.4. The Morgan fingerprint density at radius 2 is 0.862 bits per heavy atom. The zero-order valence-electron chi connectivity index (χ0n) is 30.3. The molecule has 0 bridgehead atoms. The first-order valence-corrected chi connectivity index (χ1v) is 17.0. The molecule has 0 aliphatic rings. The number of hydrogen-bond donors (Lipinski definition) is 0. The number of rotatable bonds is 20. The Morgan fingerprint density at radius 3 is 1.19 bits per heavy atom. The minimum atomic E-state index is -5.79. The van der Waals surface area contributed by atoms with Crippen LogP contribution in [0.5, 0.6) is 23.0 Å². The molecule has 0 aromatic heterocycles. The average Bonchev–Trinajstić information content (AvgIpc) is 3.16. The van der Waals surface area contributed by atoms with Crippen LogP contribution in [0.4, 0.5) is 35.1 Å². The topological polar surface area (TPSA) is 124 Å². The minimum Gasteiger partial charge on any atom is -0.491 e. The van der Waals surface area contributed by atoms with E-state index in [4.69, 9.17) is 18.9 Å². The van der Waals surface area contributed by atoms with E-state index in [0.717, 1.165) is 36.4 Å². The Balaban J connectivity index is 1.68. The largest absolute Gasteiger partial charge is 0.491 e. The summed E-state index contributed by atoms with van der Waals surface area (Å²) in [5.41, 5.74) is -4.94. The van der Waals surface area contributed by atoms with Crippen molar-refractivity contribution in [3.05, 3.63) is 120 Å². The summed E-state index contributed by atoms with van der Waals surface area (Å²) in [6.45, 7) is 6.79. The van der Waals surface area contributed by atoms with Gasteiger partial charge in [0, 0.05) is 24.3 Å². The number of carbonyl (C=O) groups excluding carboxylic acids is 4. The van der Waals surface area contributed by atoms with E-state index in [-0.39, 0.29) is 49.1 Å². The summed E-state index contributed by atoms with van der Waals surface area (Å²) in [5.74, 6) is -9.62. The van der Waals surface area contributed by atoms with Crippen molar-refractivity contribution in [2.45, 2.75) is 38.0 Å². The van der Waals surface area contributed by atoms with Gasteiger partial charge in [0.15, 0.2) is 23.1 Å². The molecule has 0 atom stereocenters. The van der Waals surface area contributed by atoms with Crippen LogP contribution < -0.4 is 18.9 Å². The van der Waals surface area contributed by atoms with Gasteiger partial charge < -0.3 is 28.4 Å². The van der Waals surface area contributed by atoms with Crippen LogP contribution in [0.1, 0.15) is 47.9 Å². The molecule has 18 heteroatoms. The fraction of sp³-hybridized carbons (Fsp3) is 0.250. The standard InChI is InChI=1S/C40H34F8O10/c1-3-33(49)55-21-7-5-19-53-29-13-9-25(23-27(29)41)11-17-35(51)57-31-15-16-32(38(40(46,47)48)37(31)39(43,44)45)58-36(52)18-12-26-10-14-30(28(42)24-26)54-20-6-8-22-56-34(50)4-2/h3-4,9-18,23-24H,1-2,5-8,19-22H2/b17-11+,18-12+. The predicted octanol–water partition coefficient (Wildman–Crippen LogP) is 9.02. The summed E-state index contributed by atoms with van der Waals surface area (Å²) >= 11 is 0. The summed E-state index contributed by atoms with van der Waals surface area (Å²) in [7, 11) is 0. The van der Waals surface area contributed by atoms with E-state index in [0.29, 0.717) is 50.0 Å². The summed E-state index contributed by atoms with van der Waals surface area (Å²) in [6.07, 6.45) is -5.06. The van der Waals surface area contributed by atoms with Crippen molar-refractivity contribution in [3.63, 3.8) is 0 Å². The zero-order valence-corrected chi connectivity index (χ0v) is 30.3. The predicted molar refractivity (Wildman–Crippen MR) is 190 cm³/mol. The third-order valence-electron chi connectivity index (χ3n) is 7.27. The number of benzene rings is 3. The van der Waals surface area contributed by atoms with Gasteiger partial charge in [-0.05, 0) is 85.4 Å². The average molecular weight is 827 g/mol. The lowest BCUT2D eigenvalue weighted by molar-refractivity contribution is -0.164. The van der Waals surface area contributed by atoms with Crippen molar-refractivity contribution >= 4 is 36.0 Å². The van der Waals surface area contributed by atoms with Crippen molar-refractivity contribution in [1.82, 2.24) is 0 Å². The van der Waals surface area contributed by atoms with Crippen LogP contribution in [0.15, 0.2) is 86.0 Å². The molecular weight excluding hydrogens is 792 g/mol. The molecular formula is C40H34F8O10. The maximum Gasteiger partial charge on any atom is 0.420 e. The summed E-state index contributed by atoms with van der Waals surface area (Å²) in [6, 6.07) is 7.41. The van der Waals surface area contributed by atoms with Crippen LogP contribution in [0.25, 0.3) is 12.2 Å². The lowest BCUT2D eigenvalue weighted by Gasteiger charge is -2.21. The Hall–Kier alpha value is -6.46. The molecule has 3 aromatic carbocycles. The molecule has 0 radical (unpaired) electrons. The highest BCUT2D eigenvalue weighted by Gasteiger charge is 2.48. The highest BCUT2D eigenvalue weighted by molar-refractivity contribution is 5.90. The van der Waals surface area contributed by atoms with E-state index >= 15 is 0 Å². The number of esters is 4. The van der Waals surface area contributed by atoms with E-state index in [9.17, 15) is 54.3 Å². The van der Waals surface area contributed by atoms with Gasteiger partial charge in [-0.1, -0.05) is 25.3 Å². The van der Waals surface area contributed by atoms with Gasteiger partial charge in [-0.25, -0.2) is 28.0 Å². The SMILES string of the molecule is C=CC(=O)OCCCCOc1ccc(/C=C/C(=O)Oc2ccc(OC(=O)/C=C/c3ccc(OCCCCOC(=O)C=C)c(F)c3)c(C(F)(F)F)c2C(F)(F)F)cc1F. The van der Waals surface area contributed by atoms with Crippen LogP contribution in [0.3, 0.4) is 0 Å². The van der Waals surface area contributed by atoms with Crippen molar-refractivity contribution in [1.29, 1.82) is 0 Å². The van der Waals surface area contributed by atoms with Crippen LogP contribution in [-0.4, -0.2) is 50.3 Å². The molecule has 0 aliphatic carbocycles. The second-order valence-corrected chi connectivity index (χ2v) is 11.6. The molecule has 10 nitrogen and oxygen atoms in total. The van der Waals surface area contributed by atoms with Gasteiger partial charge in [-0.2, -0.15) is 26.3 Å². The van der Waals surface area contributed by atoms with E-state index < -0.39 is 70.5 Å². The third-order valence-corrected chi connectivity index (χ3v) is 7.27. The number of ether oxygens (including phenoxy) is 6. The Kier molecular flexibility index (Phi) is 17.2. The number of hydrogen-bond acceptors (Lipinski definition) is 10. The summed E-state index contributed by atoms with van der Waals surface area (Å²) in [4.78, 5) is 46.9. The molecule has 0 fully saturated rings. The number of halogens is 8. The Bertz CT molecular complexity index is 1880. The Labute approximate surface area is 325 Å². The molecule has 0 aliphatic heterocycles. The fourth-order valence-corrected chi connectivity index (χ4v) is 4.62. The number of carbonyl (C=O) groups is 4. The van der Waals surface area contributed by atoms with Gasteiger partial charge in [0.25, 0.3) is 0 Å². The molecule has 0 saturated carbocycles. The first kappa shape index (κ1) is 45.9. The van der Waals surface area contributed by atoms with Gasteiger partial charge in [-0.15, -0.1) is 0 Å². The van der Waals surface area contributed by atoms with Gasteiger partial charge in [-0.3, -0.25) is 0 Å². The van der Waals surface area contributed by atoms with Crippen molar-refractivity contribution < 1.29 is 82.7 Å². The van der Waals surface area contributed by atoms with E-state index in [1.165, 1.54) is 24.3 Å².